The molecule has 1 aromatic heterocycles. The van der Waals surface area contributed by atoms with Crippen LogP contribution in [0.2, 0.25) is 5.02 Å². The van der Waals surface area contributed by atoms with Gasteiger partial charge in [0.2, 0.25) is 0 Å². The van der Waals surface area contributed by atoms with Gasteiger partial charge in [0, 0.05) is 28.5 Å². The average molecular weight is 397 g/mol. The molecule has 0 radical (unpaired) electrons. The number of aromatic nitrogens is 1. The topological polar surface area (TPSA) is 133 Å². The molecule has 0 saturated carbocycles. The van der Waals surface area contributed by atoms with E-state index in [1.807, 2.05) is 6.07 Å². The standard InChI is InChI=1S/C11H11ClN2O2.C6H6O3S/c12-7-1-2-8-6(3-9(13)11(15)16)5-14-10(8)4-7;7-10(8,9)6-4-2-1-3-5-6/h1-2,4-5,9,14H,3,13H2,(H,15,16);1-5H,(H,7,8,9)/t9-;/m1./s1. The number of rotatable bonds is 4. The van der Waals surface area contributed by atoms with Crippen molar-refractivity contribution in [3.63, 3.8) is 0 Å². The lowest BCUT2D eigenvalue weighted by atomic mass is 10.1. The van der Waals surface area contributed by atoms with E-state index < -0.39 is 22.1 Å². The number of nitrogens with one attached hydrogen (secondary N) is 1. The number of H-pyrrole nitrogens is 1. The van der Waals surface area contributed by atoms with Crippen molar-refractivity contribution >= 4 is 38.6 Å². The van der Waals surface area contributed by atoms with Crippen molar-refractivity contribution in [3.05, 3.63) is 65.3 Å². The molecule has 3 aromatic rings. The second-order valence-electron chi connectivity index (χ2n) is 5.44. The molecule has 1 heterocycles. The molecule has 3 rings (SSSR count). The van der Waals surface area contributed by atoms with E-state index >= 15 is 0 Å². The number of nitrogens with two attached hydrogens (primary N) is 1. The maximum atomic E-state index is 10.7. The van der Waals surface area contributed by atoms with E-state index in [0.29, 0.717) is 11.4 Å². The Hall–Kier alpha value is -2.39. The molecule has 9 heteroatoms. The first kappa shape index (κ1) is 19.9. The van der Waals surface area contributed by atoms with Crippen molar-refractivity contribution in [2.45, 2.75) is 17.4 Å². The number of carbonyl (C=O) groups is 1. The van der Waals surface area contributed by atoms with Crippen LogP contribution in [-0.2, 0) is 21.3 Å². The Labute approximate surface area is 155 Å². The molecule has 0 amide bonds. The predicted molar refractivity (Wildman–Crippen MR) is 98.9 cm³/mol. The van der Waals surface area contributed by atoms with Gasteiger partial charge in [-0.15, -0.1) is 0 Å². The molecule has 7 nitrogen and oxygen atoms in total. The molecule has 0 unspecified atom stereocenters. The summed E-state index contributed by atoms with van der Waals surface area (Å²) in [5, 5.41) is 10.3. The zero-order valence-corrected chi connectivity index (χ0v) is 15.0. The van der Waals surface area contributed by atoms with Crippen LogP contribution in [0.15, 0.2) is 59.6 Å². The number of halogens is 1. The maximum Gasteiger partial charge on any atom is 0.320 e. The predicted octanol–water partition coefficient (Wildman–Crippen LogP) is 2.71. The van der Waals surface area contributed by atoms with Gasteiger partial charge in [-0.2, -0.15) is 8.42 Å². The molecule has 5 N–H and O–H groups in total. The van der Waals surface area contributed by atoms with Crippen LogP contribution in [0, 0.1) is 0 Å². The van der Waals surface area contributed by atoms with Crippen LogP contribution in [0.1, 0.15) is 5.56 Å². The van der Waals surface area contributed by atoms with Crippen LogP contribution >= 0.6 is 11.6 Å². The first-order chi connectivity index (χ1) is 12.2. The smallest absolute Gasteiger partial charge is 0.320 e. The van der Waals surface area contributed by atoms with Gasteiger partial charge in [0.1, 0.15) is 6.04 Å². The SMILES string of the molecule is N[C@H](Cc1c[nH]c2cc(Cl)ccc12)C(=O)O.O=S(=O)(O)c1ccccc1. The molecule has 26 heavy (non-hydrogen) atoms. The summed E-state index contributed by atoms with van der Waals surface area (Å²) in [7, 11) is -4.00. The van der Waals surface area contributed by atoms with Gasteiger partial charge in [0.25, 0.3) is 10.1 Å². The number of aromatic amines is 1. The summed E-state index contributed by atoms with van der Waals surface area (Å²) in [6.45, 7) is 0. The van der Waals surface area contributed by atoms with Crippen molar-refractivity contribution in [1.82, 2.24) is 4.98 Å². The molecular formula is C17H17ClN2O5S. The van der Waals surface area contributed by atoms with E-state index in [-0.39, 0.29) is 4.90 Å². The average Bonchev–Trinajstić information content (AvgIpc) is 2.97. The molecule has 0 fully saturated rings. The van der Waals surface area contributed by atoms with Crippen molar-refractivity contribution in [3.8, 4) is 0 Å². The van der Waals surface area contributed by atoms with Crippen LogP contribution in [-0.4, -0.2) is 35.1 Å². The summed E-state index contributed by atoms with van der Waals surface area (Å²) in [5.41, 5.74) is 7.27. The van der Waals surface area contributed by atoms with Gasteiger partial charge in [0.05, 0.1) is 4.90 Å². The maximum absolute atomic E-state index is 10.7. The lowest BCUT2D eigenvalue weighted by Crippen LogP contribution is -2.32. The Morgan fingerprint density at radius 1 is 1.19 bits per heavy atom. The lowest BCUT2D eigenvalue weighted by Gasteiger charge is -2.04. The minimum Gasteiger partial charge on any atom is -0.480 e. The normalized spacial score (nSPS) is 12.3. The molecule has 0 spiro atoms. The number of aliphatic carboxylic acids is 1. The quantitative estimate of drug-likeness (QED) is 0.501. The third-order valence-corrected chi connectivity index (χ3v) is 4.63. The zero-order chi connectivity index (χ0) is 19.3. The zero-order valence-electron chi connectivity index (χ0n) is 13.5. The fourth-order valence-electron chi connectivity index (χ4n) is 2.24. The molecule has 0 saturated heterocycles. The van der Waals surface area contributed by atoms with Crippen LogP contribution in [0.25, 0.3) is 10.9 Å². The van der Waals surface area contributed by atoms with E-state index in [1.54, 1.807) is 36.5 Å². The highest BCUT2D eigenvalue weighted by Crippen LogP contribution is 2.22. The van der Waals surface area contributed by atoms with Crippen LogP contribution in [0.3, 0.4) is 0 Å². The first-order valence-electron chi connectivity index (χ1n) is 7.45. The summed E-state index contributed by atoms with van der Waals surface area (Å²) in [6, 6.07) is 12.0. The second-order valence-corrected chi connectivity index (χ2v) is 7.30. The first-order valence-corrected chi connectivity index (χ1v) is 9.26. The number of benzene rings is 2. The van der Waals surface area contributed by atoms with Gasteiger partial charge in [-0.25, -0.2) is 0 Å². The van der Waals surface area contributed by atoms with Crippen LogP contribution in [0.4, 0.5) is 0 Å². The fourth-order valence-corrected chi connectivity index (χ4v) is 2.92. The number of hydrogen-bond acceptors (Lipinski definition) is 4. The van der Waals surface area contributed by atoms with Crippen molar-refractivity contribution in [2.75, 3.05) is 0 Å². The van der Waals surface area contributed by atoms with Crippen molar-refractivity contribution < 1.29 is 22.9 Å². The van der Waals surface area contributed by atoms with Gasteiger partial charge < -0.3 is 15.8 Å². The van der Waals surface area contributed by atoms with Gasteiger partial charge in [-0.1, -0.05) is 35.9 Å². The Balaban J connectivity index is 0.000000209. The molecule has 1 atom stereocenters. The number of carboxylic acids is 1. The third kappa shape index (κ3) is 5.30. The molecule has 2 aromatic carbocycles. The Morgan fingerprint density at radius 3 is 2.38 bits per heavy atom. The van der Waals surface area contributed by atoms with Crippen molar-refractivity contribution in [1.29, 1.82) is 0 Å². The van der Waals surface area contributed by atoms with E-state index in [2.05, 4.69) is 4.98 Å². The van der Waals surface area contributed by atoms with E-state index in [0.717, 1.165) is 16.5 Å². The Morgan fingerprint density at radius 2 is 1.85 bits per heavy atom. The van der Waals surface area contributed by atoms with Gasteiger partial charge in [0.15, 0.2) is 0 Å². The summed E-state index contributed by atoms with van der Waals surface area (Å²) in [4.78, 5) is 13.6. The molecule has 0 aliphatic heterocycles. The largest absolute Gasteiger partial charge is 0.480 e. The highest BCUT2D eigenvalue weighted by Gasteiger charge is 2.14. The van der Waals surface area contributed by atoms with Crippen LogP contribution in [0.5, 0.6) is 0 Å². The van der Waals surface area contributed by atoms with Gasteiger partial charge in [-0.3, -0.25) is 9.35 Å². The van der Waals surface area contributed by atoms with E-state index in [1.165, 1.54) is 12.1 Å². The number of carboxylic acid groups (broad SMARTS) is 1. The second kappa shape index (κ2) is 8.33. The van der Waals surface area contributed by atoms with Crippen molar-refractivity contribution in [2.24, 2.45) is 5.73 Å². The summed E-state index contributed by atoms with van der Waals surface area (Å²) in [5.74, 6) is -0.997. The minimum atomic E-state index is -4.00. The van der Waals surface area contributed by atoms with Crippen LogP contribution < -0.4 is 5.73 Å². The number of fused-ring (bicyclic) bond motifs is 1. The summed E-state index contributed by atoms with van der Waals surface area (Å²) >= 11 is 5.85. The monoisotopic (exact) mass is 396 g/mol. The molecule has 0 aliphatic carbocycles. The lowest BCUT2D eigenvalue weighted by molar-refractivity contribution is -0.138. The molecule has 0 aliphatic rings. The molecule has 138 valence electrons. The molecular weight excluding hydrogens is 380 g/mol. The highest BCUT2D eigenvalue weighted by molar-refractivity contribution is 7.85. The van der Waals surface area contributed by atoms with Gasteiger partial charge in [-0.05, 0) is 29.8 Å². The minimum absolute atomic E-state index is 0.0741. The third-order valence-electron chi connectivity index (χ3n) is 3.53. The van der Waals surface area contributed by atoms with E-state index in [4.69, 9.17) is 27.0 Å². The Kier molecular flexibility index (Phi) is 6.38. The van der Waals surface area contributed by atoms with E-state index in [9.17, 15) is 13.2 Å². The molecule has 0 bridgehead atoms. The fraction of sp³-hybridized carbons (Fsp3) is 0.118. The summed E-state index contributed by atoms with van der Waals surface area (Å²) < 4.78 is 29.2. The summed E-state index contributed by atoms with van der Waals surface area (Å²) in [6.07, 6.45) is 2.07. The Bertz CT molecular complexity index is 1000. The highest BCUT2D eigenvalue weighted by atomic mass is 35.5. The number of hydrogen-bond donors (Lipinski definition) is 4. The van der Waals surface area contributed by atoms with Gasteiger partial charge >= 0.3 is 5.97 Å².